The first-order valence-corrected chi connectivity index (χ1v) is 6.50. The number of benzene rings is 1. The summed E-state index contributed by atoms with van der Waals surface area (Å²) in [5.41, 5.74) is 5.75. The first-order chi connectivity index (χ1) is 9.43. The van der Waals surface area contributed by atoms with Crippen LogP contribution in [0.25, 0.3) is 0 Å². The summed E-state index contributed by atoms with van der Waals surface area (Å²) in [4.78, 5) is 12.2. The van der Waals surface area contributed by atoms with Crippen molar-refractivity contribution in [2.75, 3.05) is 0 Å². The summed E-state index contributed by atoms with van der Waals surface area (Å²) < 4.78 is 28.5. The van der Waals surface area contributed by atoms with Crippen LogP contribution in [0.4, 0.5) is 8.78 Å². The van der Waals surface area contributed by atoms with Gasteiger partial charge in [-0.25, -0.2) is 0 Å². The fourth-order valence-electron chi connectivity index (χ4n) is 1.63. The van der Waals surface area contributed by atoms with Crippen LogP contribution in [0.1, 0.15) is 30.1 Å². The summed E-state index contributed by atoms with van der Waals surface area (Å²) in [7, 11) is 0. The number of rotatable bonds is 7. The Balaban J connectivity index is 2.78. The fraction of sp³-hybridized carbons (Fsp3) is 0.385. The molecule has 4 nitrogen and oxygen atoms in total. The zero-order valence-electron chi connectivity index (χ0n) is 10.9. The second-order valence-electron chi connectivity index (χ2n) is 4.12. The highest BCUT2D eigenvalue weighted by Crippen LogP contribution is 2.16. The Morgan fingerprint density at radius 3 is 2.75 bits per heavy atom. The highest BCUT2D eigenvalue weighted by molar-refractivity contribution is 7.80. The van der Waals surface area contributed by atoms with Gasteiger partial charge in [-0.3, -0.25) is 4.79 Å². The largest absolute Gasteiger partial charge is 0.435 e. The Morgan fingerprint density at radius 1 is 1.50 bits per heavy atom. The standard InChI is InChI=1S/C13H16F2N2O2S/c1-2-4-10(11(16)20)17-12(18)8-5-3-6-9(7-8)19-13(14)15/h3,5-7,10,13H,2,4H2,1H3,(H2,16,20)(H,17,18). The lowest BCUT2D eigenvalue weighted by Gasteiger charge is -2.16. The zero-order valence-corrected chi connectivity index (χ0v) is 11.8. The number of carbonyl (C=O) groups is 1. The molecule has 3 N–H and O–H groups in total. The van der Waals surface area contributed by atoms with Gasteiger partial charge in [0.1, 0.15) is 5.75 Å². The van der Waals surface area contributed by atoms with Crippen LogP contribution >= 0.6 is 12.2 Å². The first-order valence-electron chi connectivity index (χ1n) is 6.09. The monoisotopic (exact) mass is 302 g/mol. The van der Waals surface area contributed by atoms with Crippen molar-refractivity contribution >= 4 is 23.1 Å². The number of halogens is 2. The number of nitrogens with one attached hydrogen (secondary N) is 1. The number of hydrogen-bond acceptors (Lipinski definition) is 3. The zero-order chi connectivity index (χ0) is 15.1. The molecule has 0 spiro atoms. The van der Waals surface area contributed by atoms with E-state index in [1.165, 1.54) is 24.3 Å². The number of nitrogens with two attached hydrogens (primary N) is 1. The lowest BCUT2D eigenvalue weighted by atomic mass is 10.1. The van der Waals surface area contributed by atoms with Gasteiger partial charge in [0.15, 0.2) is 0 Å². The third kappa shape index (κ3) is 5.08. The summed E-state index contributed by atoms with van der Waals surface area (Å²) >= 11 is 4.87. The summed E-state index contributed by atoms with van der Waals surface area (Å²) in [5.74, 6) is -0.508. The average molecular weight is 302 g/mol. The number of amides is 1. The van der Waals surface area contributed by atoms with Crippen LogP contribution in [0.15, 0.2) is 24.3 Å². The van der Waals surface area contributed by atoms with Gasteiger partial charge >= 0.3 is 6.61 Å². The van der Waals surface area contributed by atoms with E-state index in [4.69, 9.17) is 18.0 Å². The highest BCUT2D eigenvalue weighted by atomic mass is 32.1. The number of hydrogen-bond donors (Lipinski definition) is 2. The van der Waals surface area contributed by atoms with Crippen LogP contribution in [-0.4, -0.2) is 23.5 Å². The molecule has 1 atom stereocenters. The van der Waals surface area contributed by atoms with Crippen LogP contribution in [0, 0.1) is 0 Å². The molecule has 1 unspecified atom stereocenters. The van der Waals surface area contributed by atoms with Crippen LogP contribution in [0.2, 0.25) is 0 Å². The second kappa shape index (κ2) is 7.74. The van der Waals surface area contributed by atoms with Gasteiger partial charge in [-0.2, -0.15) is 8.78 Å². The fourth-order valence-corrected chi connectivity index (χ4v) is 1.81. The molecular weight excluding hydrogens is 286 g/mol. The minimum absolute atomic E-state index is 0.0741. The van der Waals surface area contributed by atoms with E-state index in [1.807, 2.05) is 6.92 Å². The molecule has 0 aromatic heterocycles. The topological polar surface area (TPSA) is 64.3 Å². The molecule has 0 aliphatic carbocycles. The summed E-state index contributed by atoms with van der Waals surface area (Å²) in [6.45, 7) is -0.994. The summed E-state index contributed by atoms with van der Waals surface area (Å²) in [5, 5.41) is 2.67. The van der Waals surface area contributed by atoms with Gasteiger partial charge in [0.25, 0.3) is 5.91 Å². The summed E-state index contributed by atoms with van der Waals surface area (Å²) in [6.07, 6.45) is 1.42. The van der Waals surface area contributed by atoms with Crippen molar-refractivity contribution in [2.45, 2.75) is 32.4 Å². The SMILES string of the molecule is CCCC(NC(=O)c1cccc(OC(F)F)c1)C(N)=S. The van der Waals surface area contributed by atoms with Crippen LogP contribution in [-0.2, 0) is 0 Å². The maximum atomic E-state index is 12.1. The van der Waals surface area contributed by atoms with Crippen LogP contribution in [0.5, 0.6) is 5.75 Å². The third-order valence-electron chi connectivity index (χ3n) is 2.55. The maximum Gasteiger partial charge on any atom is 0.387 e. The molecule has 0 saturated heterocycles. The van der Waals surface area contributed by atoms with Gasteiger partial charge in [0, 0.05) is 5.56 Å². The minimum atomic E-state index is -2.93. The molecular formula is C13H16F2N2O2S. The molecule has 1 amide bonds. The van der Waals surface area contributed by atoms with Crippen molar-refractivity contribution in [3.05, 3.63) is 29.8 Å². The van der Waals surface area contributed by atoms with E-state index in [0.717, 1.165) is 6.42 Å². The van der Waals surface area contributed by atoms with Crippen molar-refractivity contribution in [2.24, 2.45) is 5.73 Å². The molecule has 0 aliphatic rings. The van der Waals surface area contributed by atoms with Crippen molar-refractivity contribution in [3.63, 3.8) is 0 Å². The van der Waals surface area contributed by atoms with E-state index >= 15 is 0 Å². The minimum Gasteiger partial charge on any atom is -0.435 e. The Bertz CT molecular complexity index is 483. The molecule has 0 radical (unpaired) electrons. The van der Waals surface area contributed by atoms with Gasteiger partial charge in [-0.05, 0) is 24.6 Å². The van der Waals surface area contributed by atoms with Crippen LogP contribution in [0.3, 0.4) is 0 Å². The Morgan fingerprint density at radius 2 is 2.20 bits per heavy atom. The molecule has 0 heterocycles. The molecule has 1 rings (SSSR count). The average Bonchev–Trinajstić information content (AvgIpc) is 2.37. The first kappa shape index (κ1) is 16.3. The number of thiocarbonyl (C=S) groups is 1. The van der Waals surface area contributed by atoms with Gasteiger partial charge in [0.2, 0.25) is 0 Å². The number of carbonyl (C=O) groups excluding carboxylic acids is 1. The van der Waals surface area contributed by atoms with E-state index in [9.17, 15) is 13.6 Å². The summed E-state index contributed by atoms with van der Waals surface area (Å²) in [6, 6.07) is 5.13. The van der Waals surface area contributed by atoms with E-state index < -0.39 is 18.6 Å². The molecule has 20 heavy (non-hydrogen) atoms. The van der Waals surface area contributed by atoms with Gasteiger partial charge in [-0.1, -0.05) is 31.6 Å². The third-order valence-corrected chi connectivity index (χ3v) is 2.83. The Labute approximate surface area is 121 Å². The van der Waals surface area contributed by atoms with Crippen molar-refractivity contribution < 1.29 is 18.3 Å². The quantitative estimate of drug-likeness (QED) is 0.760. The molecule has 1 aromatic carbocycles. The maximum absolute atomic E-state index is 12.1. The molecule has 0 saturated carbocycles. The van der Waals surface area contributed by atoms with Crippen molar-refractivity contribution in [1.29, 1.82) is 0 Å². The lowest BCUT2D eigenvalue weighted by molar-refractivity contribution is -0.0498. The number of alkyl halides is 2. The Kier molecular flexibility index (Phi) is 6.30. The van der Waals surface area contributed by atoms with Gasteiger partial charge in [0.05, 0.1) is 11.0 Å². The lowest BCUT2D eigenvalue weighted by Crippen LogP contribution is -2.43. The molecule has 7 heteroatoms. The predicted octanol–water partition coefficient (Wildman–Crippen LogP) is 2.47. The van der Waals surface area contributed by atoms with E-state index in [1.54, 1.807) is 0 Å². The normalized spacial score (nSPS) is 12.0. The molecule has 0 aliphatic heterocycles. The second-order valence-corrected chi connectivity index (χ2v) is 4.59. The van der Waals surface area contributed by atoms with E-state index in [-0.39, 0.29) is 16.3 Å². The van der Waals surface area contributed by atoms with Crippen molar-refractivity contribution in [1.82, 2.24) is 5.32 Å². The number of ether oxygens (including phenoxy) is 1. The molecule has 110 valence electrons. The molecule has 0 bridgehead atoms. The Hall–Kier alpha value is -1.76. The van der Waals surface area contributed by atoms with Crippen LogP contribution < -0.4 is 15.8 Å². The molecule has 1 aromatic rings. The van der Waals surface area contributed by atoms with Gasteiger partial charge < -0.3 is 15.8 Å². The molecule has 0 fully saturated rings. The highest BCUT2D eigenvalue weighted by Gasteiger charge is 2.16. The van der Waals surface area contributed by atoms with Crippen molar-refractivity contribution in [3.8, 4) is 5.75 Å². The van der Waals surface area contributed by atoms with Gasteiger partial charge in [-0.15, -0.1) is 0 Å². The smallest absolute Gasteiger partial charge is 0.387 e. The van der Waals surface area contributed by atoms with E-state index in [2.05, 4.69) is 10.1 Å². The van der Waals surface area contributed by atoms with E-state index in [0.29, 0.717) is 6.42 Å². The predicted molar refractivity (Wildman–Crippen MR) is 76.0 cm³/mol.